The number of amides is 2. The van der Waals surface area contributed by atoms with E-state index in [2.05, 4.69) is 25.9 Å². The number of carbonyl (C=O) groups excluding carboxylic acids is 1. The number of aromatic nitrogens is 4. The van der Waals surface area contributed by atoms with Crippen LogP contribution in [0, 0.1) is 5.92 Å². The van der Waals surface area contributed by atoms with Crippen LogP contribution in [0.25, 0.3) is 0 Å². The highest BCUT2D eigenvalue weighted by Gasteiger charge is 2.27. The van der Waals surface area contributed by atoms with Crippen molar-refractivity contribution in [3.8, 4) is 0 Å². The van der Waals surface area contributed by atoms with Gasteiger partial charge in [-0.25, -0.2) is 4.79 Å². The van der Waals surface area contributed by atoms with E-state index in [0.717, 1.165) is 43.4 Å². The van der Waals surface area contributed by atoms with Crippen LogP contribution in [0.15, 0.2) is 18.5 Å². The molecule has 164 valence electrons. The third-order valence-corrected chi connectivity index (χ3v) is 5.77. The number of nitrogens with zero attached hydrogens (tertiary/aromatic N) is 3. The molecule has 0 aliphatic heterocycles. The van der Waals surface area contributed by atoms with Crippen LogP contribution in [0.3, 0.4) is 0 Å². The summed E-state index contributed by atoms with van der Waals surface area (Å²) in [4.78, 5) is 23.0. The van der Waals surface area contributed by atoms with Crippen LogP contribution in [-0.4, -0.2) is 43.1 Å². The van der Waals surface area contributed by atoms with E-state index in [-0.39, 0.29) is 24.4 Å². The van der Waals surface area contributed by atoms with E-state index >= 15 is 0 Å². The number of rotatable bonds is 9. The van der Waals surface area contributed by atoms with Crippen molar-refractivity contribution < 1.29 is 14.7 Å². The highest BCUT2D eigenvalue weighted by atomic mass is 16.4. The fourth-order valence-electron chi connectivity index (χ4n) is 4.12. The van der Waals surface area contributed by atoms with E-state index in [1.54, 1.807) is 6.20 Å². The first kappa shape index (κ1) is 21.9. The van der Waals surface area contributed by atoms with Gasteiger partial charge in [-0.15, -0.1) is 0 Å². The summed E-state index contributed by atoms with van der Waals surface area (Å²) >= 11 is 0. The first-order chi connectivity index (χ1) is 14.3. The Morgan fingerprint density at radius 3 is 2.83 bits per heavy atom. The highest BCUT2D eigenvalue weighted by Crippen LogP contribution is 2.40. The van der Waals surface area contributed by atoms with Gasteiger partial charge in [-0.2, -0.15) is 10.2 Å². The van der Waals surface area contributed by atoms with Crippen LogP contribution in [-0.2, 0) is 11.2 Å². The Kier molecular flexibility index (Phi) is 7.12. The van der Waals surface area contributed by atoms with Crippen molar-refractivity contribution in [2.75, 3.05) is 5.32 Å². The van der Waals surface area contributed by atoms with Gasteiger partial charge in [0.05, 0.1) is 12.6 Å². The molecule has 0 spiro atoms. The van der Waals surface area contributed by atoms with Gasteiger partial charge in [-0.05, 0) is 64.4 Å². The monoisotopic (exact) mass is 416 g/mol. The van der Waals surface area contributed by atoms with Gasteiger partial charge in [0.1, 0.15) is 0 Å². The summed E-state index contributed by atoms with van der Waals surface area (Å²) in [5, 5.41) is 25.7. The molecule has 1 aliphatic carbocycles. The van der Waals surface area contributed by atoms with Crippen molar-refractivity contribution in [2.24, 2.45) is 5.92 Å². The number of H-pyrrole nitrogens is 1. The molecule has 2 heterocycles. The fraction of sp³-hybridized carbons (Fsp3) is 0.619. The maximum Gasteiger partial charge on any atom is 0.404 e. The summed E-state index contributed by atoms with van der Waals surface area (Å²) in [6.45, 7) is 5.99. The second-order valence-electron chi connectivity index (χ2n) is 8.66. The minimum atomic E-state index is -0.965. The van der Waals surface area contributed by atoms with Gasteiger partial charge in [-0.1, -0.05) is 0 Å². The van der Waals surface area contributed by atoms with Crippen LogP contribution >= 0.6 is 0 Å². The maximum atomic E-state index is 12.3. The summed E-state index contributed by atoms with van der Waals surface area (Å²) in [5.74, 6) is 1.43. The van der Waals surface area contributed by atoms with Gasteiger partial charge >= 0.3 is 6.09 Å². The topological polar surface area (TPSA) is 125 Å². The average molecular weight is 417 g/mol. The quantitative estimate of drug-likeness (QED) is 0.496. The zero-order valence-electron chi connectivity index (χ0n) is 17.9. The van der Waals surface area contributed by atoms with Crippen LogP contribution in [0.5, 0.6) is 0 Å². The molecule has 9 nitrogen and oxygen atoms in total. The molecule has 2 unspecified atom stereocenters. The summed E-state index contributed by atoms with van der Waals surface area (Å²) in [6.07, 6.45) is 8.05. The van der Waals surface area contributed by atoms with Crippen LogP contribution in [0.4, 0.5) is 10.6 Å². The molecule has 3 rings (SSSR count). The Morgan fingerprint density at radius 1 is 1.33 bits per heavy atom. The fourth-order valence-corrected chi connectivity index (χ4v) is 4.12. The van der Waals surface area contributed by atoms with Crippen molar-refractivity contribution in [2.45, 2.75) is 77.3 Å². The summed E-state index contributed by atoms with van der Waals surface area (Å²) in [5.41, 5.74) is 1.93. The lowest BCUT2D eigenvalue weighted by Crippen LogP contribution is -2.31. The molecule has 2 aromatic heterocycles. The predicted molar refractivity (Wildman–Crippen MR) is 113 cm³/mol. The van der Waals surface area contributed by atoms with E-state index in [0.29, 0.717) is 17.7 Å². The molecular weight excluding hydrogens is 384 g/mol. The van der Waals surface area contributed by atoms with Crippen molar-refractivity contribution in [3.63, 3.8) is 0 Å². The van der Waals surface area contributed by atoms with Gasteiger partial charge in [0.2, 0.25) is 5.91 Å². The predicted octanol–water partition coefficient (Wildman–Crippen LogP) is 3.69. The normalized spacial score (nSPS) is 19.7. The zero-order valence-corrected chi connectivity index (χ0v) is 17.9. The first-order valence-corrected chi connectivity index (χ1v) is 10.7. The first-order valence-electron chi connectivity index (χ1n) is 10.7. The second kappa shape index (κ2) is 9.77. The summed E-state index contributed by atoms with van der Waals surface area (Å²) < 4.78 is 1.84. The molecule has 9 heteroatoms. The molecule has 0 saturated heterocycles. The lowest BCUT2D eigenvalue weighted by atomic mass is 9.96. The maximum absolute atomic E-state index is 12.3. The number of carbonyl (C=O) groups is 2. The van der Waals surface area contributed by atoms with E-state index in [9.17, 15) is 9.59 Å². The van der Waals surface area contributed by atoms with Crippen molar-refractivity contribution in [3.05, 3.63) is 29.7 Å². The van der Waals surface area contributed by atoms with Gasteiger partial charge in [0.25, 0.3) is 0 Å². The molecule has 2 aromatic rings. The number of nitrogens with one attached hydrogen (secondary N) is 3. The number of aromatic amines is 1. The van der Waals surface area contributed by atoms with Gasteiger partial charge in [-0.3, -0.25) is 14.6 Å². The Hall–Kier alpha value is -2.84. The molecular formula is C21H32N6O3. The van der Waals surface area contributed by atoms with Crippen molar-refractivity contribution >= 4 is 17.8 Å². The summed E-state index contributed by atoms with van der Waals surface area (Å²) in [7, 11) is 0. The molecule has 0 radical (unpaired) electrons. The highest BCUT2D eigenvalue weighted by molar-refractivity contribution is 5.91. The van der Waals surface area contributed by atoms with Crippen LogP contribution in [0.2, 0.25) is 0 Å². The Morgan fingerprint density at radius 2 is 2.13 bits per heavy atom. The van der Waals surface area contributed by atoms with Crippen molar-refractivity contribution in [1.82, 2.24) is 25.3 Å². The third kappa shape index (κ3) is 6.08. The molecule has 1 fully saturated rings. The van der Waals surface area contributed by atoms with E-state index < -0.39 is 6.09 Å². The molecule has 3 atom stereocenters. The minimum Gasteiger partial charge on any atom is -0.465 e. The molecule has 1 saturated carbocycles. The molecule has 1 aliphatic rings. The minimum absolute atomic E-state index is 0.0248. The Bertz CT molecular complexity index is 859. The van der Waals surface area contributed by atoms with Gasteiger partial charge in [0.15, 0.2) is 5.82 Å². The number of anilines is 1. The van der Waals surface area contributed by atoms with E-state index in [1.165, 1.54) is 0 Å². The molecule has 4 N–H and O–H groups in total. The lowest BCUT2D eigenvalue weighted by Gasteiger charge is -2.14. The standard InChI is InChI=1S/C21H32N6O3/c1-13(2)27-12-16(11-22-27)9-20(28)24-19-10-18(25-26-19)17-7-6-15(8-17)5-4-14(3)23-21(29)30/h10-15,17,23H,4-9H2,1-3H3,(H,29,30)(H2,24,25,26,28)/t14-,15?,17?/m0/s1. The largest absolute Gasteiger partial charge is 0.465 e. The van der Waals surface area contributed by atoms with Crippen LogP contribution < -0.4 is 10.6 Å². The third-order valence-electron chi connectivity index (χ3n) is 5.77. The lowest BCUT2D eigenvalue weighted by molar-refractivity contribution is -0.115. The Labute approximate surface area is 176 Å². The van der Waals surface area contributed by atoms with Crippen LogP contribution in [0.1, 0.15) is 76.1 Å². The Balaban J connectivity index is 1.45. The van der Waals surface area contributed by atoms with E-state index in [1.807, 2.05) is 37.7 Å². The molecule has 0 bridgehead atoms. The smallest absolute Gasteiger partial charge is 0.404 e. The molecule has 30 heavy (non-hydrogen) atoms. The second-order valence-corrected chi connectivity index (χ2v) is 8.66. The van der Waals surface area contributed by atoms with Crippen molar-refractivity contribution in [1.29, 1.82) is 0 Å². The SMILES string of the molecule is CC(C)n1cc(CC(=O)Nc2cc(C3CCC(CC[C@H](C)NC(=O)O)C3)[nH]n2)cn1. The van der Waals surface area contributed by atoms with E-state index in [4.69, 9.17) is 5.11 Å². The molecule has 0 aromatic carbocycles. The summed E-state index contributed by atoms with van der Waals surface area (Å²) in [6, 6.07) is 2.17. The van der Waals surface area contributed by atoms with Gasteiger partial charge in [0, 0.05) is 36.0 Å². The number of hydrogen-bond donors (Lipinski definition) is 4. The number of hydrogen-bond acceptors (Lipinski definition) is 4. The number of carboxylic acid groups (broad SMARTS) is 1. The zero-order chi connectivity index (χ0) is 21.7. The molecule has 2 amide bonds. The average Bonchev–Trinajstić information content (AvgIpc) is 3.39. The van der Waals surface area contributed by atoms with Gasteiger partial charge < -0.3 is 15.7 Å².